The number of ketones is 1. The van der Waals surface area contributed by atoms with Crippen molar-refractivity contribution in [1.29, 1.82) is 0 Å². The molecule has 0 unspecified atom stereocenters. The monoisotopic (exact) mass is 398 g/mol. The van der Waals surface area contributed by atoms with E-state index >= 15 is 0 Å². The van der Waals surface area contributed by atoms with Crippen molar-refractivity contribution in [3.05, 3.63) is 48.0 Å². The van der Waals surface area contributed by atoms with Crippen LogP contribution >= 0.6 is 62.1 Å². The fourth-order valence-corrected chi connectivity index (χ4v) is 3.35. The second-order valence-corrected chi connectivity index (χ2v) is 7.13. The zero-order valence-corrected chi connectivity index (χ0v) is 13.9. The van der Waals surface area contributed by atoms with Gasteiger partial charge in [-0.05, 0) is 24.3 Å². The largest absolute Gasteiger partial charge is 0.484 e. The maximum Gasteiger partial charge on any atom is 0.202 e. The van der Waals surface area contributed by atoms with Crippen LogP contribution in [0.4, 0.5) is 0 Å². The number of hydrogen-bond donors (Lipinski definition) is 0. The molecule has 100 valence electrons. The Morgan fingerprint density at radius 3 is 2.63 bits per heavy atom. The molecule has 0 aliphatic carbocycles. The smallest absolute Gasteiger partial charge is 0.202 e. The van der Waals surface area contributed by atoms with Crippen LogP contribution in [0.2, 0.25) is 13.7 Å². The molecule has 0 aliphatic rings. The summed E-state index contributed by atoms with van der Waals surface area (Å²) in [6.45, 7) is -0.150. The molecule has 0 bridgehead atoms. The average Bonchev–Trinajstić information content (AvgIpc) is 2.69. The zero-order chi connectivity index (χ0) is 14.0. The molecule has 1 aromatic carbocycles. The molecule has 1 heterocycles. The molecule has 0 aliphatic heterocycles. The highest BCUT2D eigenvalue weighted by molar-refractivity contribution is 9.10. The number of carbonyl (C=O) groups excluding carboxylic acids is 1. The van der Waals surface area contributed by atoms with E-state index in [4.69, 9.17) is 39.5 Å². The highest BCUT2D eigenvalue weighted by atomic mass is 79.9. The summed E-state index contributed by atoms with van der Waals surface area (Å²) in [4.78, 5) is 11.9. The van der Waals surface area contributed by atoms with Gasteiger partial charge in [0.25, 0.3) is 0 Å². The second kappa shape index (κ2) is 6.46. The number of carbonyl (C=O) groups is 1. The van der Waals surface area contributed by atoms with Crippen LogP contribution in [-0.4, -0.2) is 12.4 Å². The Balaban J connectivity index is 2.08. The molecule has 0 spiro atoms. The van der Waals surface area contributed by atoms with Crippen LogP contribution < -0.4 is 4.74 Å². The maximum atomic E-state index is 11.9. The Labute approximate surface area is 137 Å². The molecule has 1 aromatic heterocycles. The lowest BCUT2D eigenvalue weighted by molar-refractivity contribution is 0.0922. The average molecular weight is 401 g/mol. The number of rotatable bonds is 4. The Hall–Kier alpha value is -0.260. The first-order valence-corrected chi connectivity index (χ1v) is 7.77. The van der Waals surface area contributed by atoms with Crippen molar-refractivity contribution in [3.8, 4) is 5.75 Å². The predicted octanol–water partition coefficient (Wildman–Crippen LogP) is 5.73. The van der Waals surface area contributed by atoms with Crippen LogP contribution in [0, 0.1) is 0 Å². The minimum Gasteiger partial charge on any atom is -0.484 e. The fraction of sp³-hybridized carbons (Fsp3) is 0.0833. The molecule has 19 heavy (non-hydrogen) atoms. The summed E-state index contributed by atoms with van der Waals surface area (Å²) in [6, 6.07) is 6.69. The highest BCUT2D eigenvalue weighted by Gasteiger charge is 2.15. The molecule has 0 atom stereocenters. The second-order valence-electron chi connectivity index (χ2n) is 3.52. The minimum absolute atomic E-state index is 0.150. The summed E-state index contributed by atoms with van der Waals surface area (Å²) in [7, 11) is 0. The summed E-state index contributed by atoms with van der Waals surface area (Å²) >= 11 is 22.1. The van der Waals surface area contributed by atoms with Gasteiger partial charge in [-0.1, -0.05) is 50.7 Å². The summed E-state index contributed by atoms with van der Waals surface area (Å²) < 4.78 is 7.03. The molecular weight excluding hydrogens is 394 g/mol. The Morgan fingerprint density at radius 1 is 1.26 bits per heavy atom. The first-order valence-electron chi connectivity index (χ1n) is 5.03. The van der Waals surface area contributed by atoms with Crippen molar-refractivity contribution < 1.29 is 9.53 Å². The van der Waals surface area contributed by atoms with Gasteiger partial charge in [-0.25, -0.2) is 0 Å². The van der Waals surface area contributed by atoms with E-state index < -0.39 is 0 Å². The van der Waals surface area contributed by atoms with Gasteiger partial charge < -0.3 is 4.74 Å². The standard InChI is InChI=1S/C12H6BrCl3O2S/c13-6-1-2-8(14)10(3-6)18-5-9(17)7-4-11(15)19-12(7)16/h1-4H,5H2. The van der Waals surface area contributed by atoms with Gasteiger partial charge in [0.2, 0.25) is 5.78 Å². The summed E-state index contributed by atoms with van der Waals surface area (Å²) in [5, 5.41) is 0.436. The van der Waals surface area contributed by atoms with Crippen LogP contribution in [-0.2, 0) is 0 Å². The van der Waals surface area contributed by atoms with Crippen LogP contribution in [0.3, 0.4) is 0 Å². The van der Waals surface area contributed by atoms with Gasteiger partial charge >= 0.3 is 0 Å². The Bertz CT molecular complexity index is 627. The van der Waals surface area contributed by atoms with Gasteiger partial charge in [0, 0.05) is 4.47 Å². The molecule has 2 rings (SSSR count). The number of thiophene rings is 1. The molecule has 0 amide bonds. The molecule has 0 radical (unpaired) electrons. The van der Waals surface area contributed by atoms with Gasteiger partial charge in [0.15, 0.2) is 6.61 Å². The van der Waals surface area contributed by atoms with Crippen molar-refractivity contribution in [3.63, 3.8) is 0 Å². The molecule has 0 fully saturated rings. The summed E-state index contributed by atoms with van der Waals surface area (Å²) in [6.07, 6.45) is 0. The Kier molecular flexibility index (Phi) is 5.15. The normalized spacial score (nSPS) is 10.5. The molecule has 0 N–H and O–H groups in total. The van der Waals surface area contributed by atoms with Gasteiger partial charge in [-0.15, -0.1) is 11.3 Å². The van der Waals surface area contributed by atoms with Crippen molar-refractivity contribution in [2.24, 2.45) is 0 Å². The van der Waals surface area contributed by atoms with Crippen LogP contribution in [0.25, 0.3) is 0 Å². The number of halogens is 4. The number of hydrogen-bond acceptors (Lipinski definition) is 3. The van der Waals surface area contributed by atoms with Crippen molar-refractivity contribution in [2.45, 2.75) is 0 Å². The van der Waals surface area contributed by atoms with Crippen LogP contribution in [0.1, 0.15) is 10.4 Å². The van der Waals surface area contributed by atoms with E-state index in [0.29, 0.717) is 25.0 Å². The highest BCUT2D eigenvalue weighted by Crippen LogP contribution is 2.32. The zero-order valence-electron chi connectivity index (χ0n) is 9.25. The van der Waals surface area contributed by atoms with Crippen molar-refractivity contribution in [2.75, 3.05) is 6.61 Å². The van der Waals surface area contributed by atoms with E-state index in [-0.39, 0.29) is 12.4 Å². The lowest BCUT2D eigenvalue weighted by atomic mass is 10.2. The van der Waals surface area contributed by atoms with Gasteiger partial charge in [0.1, 0.15) is 10.1 Å². The summed E-state index contributed by atoms with van der Waals surface area (Å²) in [5.74, 6) is 0.186. The SMILES string of the molecule is O=C(COc1cc(Br)ccc1Cl)c1cc(Cl)sc1Cl. The minimum atomic E-state index is -0.246. The van der Waals surface area contributed by atoms with Gasteiger partial charge in [-0.3, -0.25) is 4.79 Å². The third-order valence-corrected chi connectivity index (χ3v) is 4.50. The van der Waals surface area contributed by atoms with Gasteiger partial charge in [0.05, 0.1) is 14.9 Å². The topological polar surface area (TPSA) is 26.3 Å². The van der Waals surface area contributed by atoms with Gasteiger partial charge in [-0.2, -0.15) is 0 Å². The lowest BCUT2D eigenvalue weighted by Gasteiger charge is -2.07. The predicted molar refractivity (Wildman–Crippen MR) is 83.3 cm³/mol. The first-order chi connectivity index (χ1) is 8.97. The van der Waals surface area contributed by atoms with E-state index in [0.717, 1.165) is 15.8 Å². The number of Topliss-reactive ketones (excluding diaryl/α,β-unsaturated/α-hetero) is 1. The van der Waals surface area contributed by atoms with E-state index in [9.17, 15) is 4.79 Å². The van der Waals surface area contributed by atoms with E-state index in [1.807, 2.05) is 0 Å². The maximum absolute atomic E-state index is 11.9. The van der Waals surface area contributed by atoms with E-state index in [1.54, 1.807) is 18.2 Å². The van der Waals surface area contributed by atoms with Crippen molar-refractivity contribution >= 4 is 67.9 Å². The van der Waals surface area contributed by atoms with Crippen LogP contribution in [0.5, 0.6) is 5.75 Å². The van der Waals surface area contributed by atoms with Crippen molar-refractivity contribution in [1.82, 2.24) is 0 Å². The number of benzene rings is 1. The molecule has 2 aromatic rings. The van der Waals surface area contributed by atoms with E-state index in [2.05, 4.69) is 15.9 Å². The third kappa shape index (κ3) is 3.86. The Morgan fingerprint density at radius 2 is 2.00 bits per heavy atom. The fourth-order valence-electron chi connectivity index (χ4n) is 1.34. The third-order valence-electron chi connectivity index (χ3n) is 2.21. The molecular formula is C12H6BrCl3O2S. The van der Waals surface area contributed by atoms with E-state index in [1.165, 1.54) is 6.07 Å². The quantitative estimate of drug-likeness (QED) is 0.613. The molecule has 7 heteroatoms. The lowest BCUT2D eigenvalue weighted by Crippen LogP contribution is -2.11. The molecule has 0 saturated heterocycles. The van der Waals surface area contributed by atoms with Crippen LogP contribution in [0.15, 0.2) is 28.7 Å². The summed E-state index contributed by atoms with van der Waals surface area (Å²) in [5.41, 5.74) is 0.364. The number of ether oxygens (including phenoxy) is 1. The first kappa shape index (κ1) is 15.1. The molecule has 0 saturated carbocycles. The molecule has 2 nitrogen and oxygen atoms in total.